The van der Waals surface area contributed by atoms with Gasteiger partial charge in [-0.15, -0.1) is 0 Å². The van der Waals surface area contributed by atoms with Gasteiger partial charge in [-0.3, -0.25) is 14.4 Å². The van der Waals surface area contributed by atoms with Crippen molar-refractivity contribution in [2.75, 3.05) is 19.6 Å². The third kappa shape index (κ3) is 5.66. The molecule has 0 spiro atoms. The fraction of sp³-hybridized carbons (Fsp3) is 0.812. The van der Waals surface area contributed by atoms with Gasteiger partial charge in [0.15, 0.2) is 0 Å². The minimum absolute atomic E-state index is 0.000740. The average molecular weight is 311 g/mol. The Morgan fingerprint density at radius 2 is 1.82 bits per heavy atom. The molecule has 0 aromatic heterocycles. The molecule has 1 atom stereocenters. The van der Waals surface area contributed by atoms with Crippen LogP contribution in [-0.2, 0) is 14.4 Å². The number of hydrogen-bond donors (Lipinski definition) is 2. The van der Waals surface area contributed by atoms with Crippen LogP contribution in [0.4, 0.5) is 0 Å². The first kappa shape index (κ1) is 18.5. The summed E-state index contributed by atoms with van der Waals surface area (Å²) in [5, 5.41) is 5.56. The second-order valence-corrected chi connectivity index (χ2v) is 7.32. The SMILES string of the molecule is CC(C)CC(=O)NCCNC(=O)C1CC(=O)N(C(C)(C)C)C1. The quantitative estimate of drug-likeness (QED) is 0.716. The van der Waals surface area contributed by atoms with Gasteiger partial charge in [0.25, 0.3) is 0 Å². The predicted molar refractivity (Wildman–Crippen MR) is 85.0 cm³/mol. The number of rotatable bonds is 6. The van der Waals surface area contributed by atoms with Gasteiger partial charge < -0.3 is 15.5 Å². The Labute approximate surface area is 133 Å². The zero-order chi connectivity index (χ0) is 16.9. The number of carbonyl (C=O) groups excluding carboxylic acids is 3. The summed E-state index contributed by atoms with van der Waals surface area (Å²) in [6.07, 6.45) is 0.758. The number of hydrogen-bond acceptors (Lipinski definition) is 3. The van der Waals surface area contributed by atoms with E-state index in [0.717, 1.165) is 0 Å². The molecule has 126 valence electrons. The highest BCUT2D eigenvalue weighted by molar-refractivity contribution is 5.89. The fourth-order valence-electron chi connectivity index (χ4n) is 2.51. The maximum atomic E-state index is 12.1. The lowest BCUT2D eigenvalue weighted by Crippen LogP contribution is -2.43. The van der Waals surface area contributed by atoms with E-state index in [0.29, 0.717) is 32.0 Å². The van der Waals surface area contributed by atoms with Crippen LogP contribution in [0.3, 0.4) is 0 Å². The highest BCUT2D eigenvalue weighted by Crippen LogP contribution is 2.25. The van der Waals surface area contributed by atoms with Gasteiger partial charge in [-0.05, 0) is 26.7 Å². The smallest absolute Gasteiger partial charge is 0.225 e. The van der Waals surface area contributed by atoms with Crippen molar-refractivity contribution in [1.82, 2.24) is 15.5 Å². The van der Waals surface area contributed by atoms with Crippen molar-refractivity contribution in [2.45, 2.75) is 53.0 Å². The van der Waals surface area contributed by atoms with E-state index in [1.165, 1.54) is 0 Å². The molecule has 22 heavy (non-hydrogen) atoms. The molecule has 0 aliphatic carbocycles. The number of likely N-dealkylation sites (tertiary alicyclic amines) is 1. The van der Waals surface area contributed by atoms with Crippen molar-refractivity contribution in [2.24, 2.45) is 11.8 Å². The van der Waals surface area contributed by atoms with E-state index in [1.807, 2.05) is 34.6 Å². The Hall–Kier alpha value is -1.59. The van der Waals surface area contributed by atoms with E-state index in [1.54, 1.807) is 4.90 Å². The first-order valence-electron chi connectivity index (χ1n) is 7.96. The molecule has 1 aliphatic heterocycles. The van der Waals surface area contributed by atoms with Gasteiger partial charge in [-0.1, -0.05) is 13.8 Å². The van der Waals surface area contributed by atoms with Crippen LogP contribution in [-0.4, -0.2) is 47.8 Å². The highest BCUT2D eigenvalue weighted by atomic mass is 16.2. The molecule has 1 saturated heterocycles. The van der Waals surface area contributed by atoms with Crippen molar-refractivity contribution in [3.63, 3.8) is 0 Å². The van der Waals surface area contributed by atoms with E-state index in [2.05, 4.69) is 10.6 Å². The van der Waals surface area contributed by atoms with Crippen molar-refractivity contribution in [3.05, 3.63) is 0 Å². The van der Waals surface area contributed by atoms with E-state index in [9.17, 15) is 14.4 Å². The first-order valence-corrected chi connectivity index (χ1v) is 7.96. The average Bonchev–Trinajstić information content (AvgIpc) is 2.75. The summed E-state index contributed by atoms with van der Waals surface area (Å²) in [7, 11) is 0. The summed E-state index contributed by atoms with van der Waals surface area (Å²) in [5.74, 6) is -0.0594. The van der Waals surface area contributed by atoms with Crippen LogP contribution in [0.5, 0.6) is 0 Å². The zero-order valence-corrected chi connectivity index (χ0v) is 14.4. The molecule has 1 fully saturated rings. The molecule has 1 unspecified atom stereocenters. The second kappa shape index (κ2) is 7.61. The molecule has 1 heterocycles. The normalized spacial score (nSPS) is 18.7. The number of carbonyl (C=O) groups is 3. The molecular formula is C16H29N3O3. The Morgan fingerprint density at radius 3 is 2.32 bits per heavy atom. The van der Waals surface area contributed by atoms with Crippen molar-refractivity contribution in [1.29, 1.82) is 0 Å². The van der Waals surface area contributed by atoms with E-state index in [4.69, 9.17) is 0 Å². The molecule has 0 aromatic carbocycles. The Bertz CT molecular complexity index is 427. The number of nitrogens with zero attached hydrogens (tertiary/aromatic N) is 1. The van der Waals surface area contributed by atoms with Crippen LogP contribution < -0.4 is 10.6 Å². The first-order chi connectivity index (χ1) is 10.1. The fourth-order valence-corrected chi connectivity index (χ4v) is 2.51. The zero-order valence-electron chi connectivity index (χ0n) is 14.4. The van der Waals surface area contributed by atoms with Crippen molar-refractivity contribution < 1.29 is 14.4 Å². The molecule has 0 aromatic rings. The van der Waals surface area contributed by atoms with Crippen LogP contribution in [0.2, 0.25) is 0 Å². The topological polar surface area (TPSA) is 78.5 Å². The number of nitrogens with one attached hydrogen (secondary N) is 2. The van der Waals surface area contributed by atoms with Gasteiger partial charge in [0.1, 0.15) is 0 Å². The maximum Gasteiger partial charge on any atom is 0.225 e. The van der Waals surface area contributed by atoms with Crippen LogP contribution in [0.15, 0.2) is 0 Å². The minimum Gasteiger partial charge on any atom is -0.354 e. The molecule has 6 heteroatoms. The summed E-state index contributed by atoms with van der Waals surface area (Å²) in [6, 6.07) is 0. The van der Waals surface area contributed by atoms with Crippen LogP contribution >= 0.6 is 0 Å². The largest absolute Gasteiger partial charge is 0.354 e. The molecule has 1 rings (SSSR count). The van der Waals surface area contributed by atoms with E-state index >= 15 is 0 Å². The van der Waals surface area contributed by atoms with Gasteiger partial charge in [0.05, 0.1) is 5.92 Å². The Kier molecular flexibility index (Phi) is 6.38. The highest BCUT2D eigenvalue weighted by Gasteiger charge is 2.39. The summed E-state index contributed by atoms with van der Waals surface area (Å²) >= 11 is 0. The molecule has 1 aliphatic rings. The summed E-state index contributed by atoms with van der Waals surface area (Å²) in [6.45, 7) is 11.1. The lowest BCUT2D eigenvalue weighted by Gasteiger charge is -2.31. The monoisotopic (exact) mass is 311 g/mol. The second-order valence-electron chi connectivity index (χ2n) is 7.32. The summed E-state index contributed by atoms with van der Waals surface area (Å²) in [5.41, 5.74) is -0.253. The third-order valence-electron chi connectivity index (χ3n) is 3.65. The van der Waals surface area contributed by atoms with Crippen molar-refractivity contribution in [3.8, 4) is 0 Å². The molecule has 3 amide bonds. The Morgan fingerprint density at radius 1 is 1.23 bits per heavy atom. The predicted octanol–water partition coefficient (Wildman–Crippen LogP) is 0.912. The molecule has 2 N–H and O–H groups in total. The van der Waals surface area contributed by atoms with Gasteiger partial charge in [-0.2, -0.15) is 0 Å². The minimum atomic E-state index is -0.293. The third-order valence-corrected chi connectivity index (χ3v) is 3.65. The van der Waals surface area contributed by atoms with E-state index < -0.39 is 0 Å². The van der Waals surface area contributed by atoms with Crippen LogP contribution in [0.1, 0.15) is 47.5 Å². The Balaban J connectivity index is 2.30. The van der Waals surface area contributed by atoms with Crippen LogP contribution in [0, 0.1) is 11.8 Å². The summed E-state index contributed by atoms with van der Waals surface area (Å²) < 4.78 is 0. The van der Waals surface area contributed by atoms with Crippen molar-refractivity contribution >= 4 is 17.7 Å². The molecule has 0 radical (unpaired) electrons. The lowest BCUT2D eigenvalue weighted by molar-refractivity contribution is -0.132. The standard InChI is InChI=1S/C16H29N3O3/c1-11(2)8-13(20)17-6-7-18-15(22)12-9-14(21)19(10-12)16(3,4)5/h11-12H,6-10H2,1-5H3,(H,17,20)(H,18,22). The van der Waals surface area contributed by atoms with Gasteiger partial charge in [0, 0.05) is 38.0 Å². The summed E-state index contributed by atoms with van der Waals surface area (Å²) in [4.78, 5) is 37.3. The van der Waals surface area contributed by atoms with Gasteiger partial charge >= 0.3 is 0 Å². The van der Waals surface area contributed by atoms with Gasteiger partial charge in [0.2, 0.25) is 17.7 Å². The molecule has 0 saturated carbocycles. The molecular weight excluding hydrogens is 282 g/mol. The molecule has 0 bridgehead atoms. The van der Waals surface area contributed by atoms with Crippen LogP contribution in [0.25, 0.3) is 0 Å². The number of amides is 3. The lowest BCUT2D eigenvalue weighted by atomic mass is 10.1. The van der Waals surface area contributed by atoms with Gasteiger partial charge in [-0.25, -0.2) is 0 Å². The van der Waals surface area contributed by atoms with E-state index in [-0.39, 0.29) is 35.6 Å². The maximum absolute atomic E-state index is 12.1. The molecule has 6 nitrogen and oxygen atoms in total.